The third-order valence-electron chi connectivity index (χ3n) is 1.82. The minimum Gasteiger partial charge on any atom is -0.497 e. The highest BCUT2D eigenvalue weighted by Crippen LogP contribution is 2.16. The number of hydrogen-bond donors (Lipinski definition) is 0. The molecule has 1 aromatic heterocycles. The highest BCUT2D eigenvalue weighted by atomic mass is 16.5. The van der Waals surface area contributed by atoms with Gasteiger partial charge in [-0.25, -0.2) is 9.78 Å². The summed E-state index contributed by atoms with van der Waals surface area (Å²) in [6, 6.07) is 4.26. The summed E-state index contributed by atoms with van der Waals surface area (Å²) >= 11 is 0. The van der Waals surface area contributed by atoms with E-state index in [9.17, 15) is 4.79 Å². The quantitative estimate of drug-likeness (QED) is 0.690. The fourth-order valence-corrected chi connectivity index (χ4v) is 1.22. The van der Waals surface area contributed by atoms with Crippen molar-refractivity contribution >= 4 is 10.9 Å². The van der Waals surface area contributed by atoms with Crippen molar-refractivity contribution in [3.05, 3.63) is 34.5 Å². The summed E-state index contributed by atoms with van der Waals surface area (Å²) in [6.07, 6.45) is 0. The number of methoxy groups -OCH3 is 1. The lowest BCUT2D eigenvalue weighted by Gasteiger charge is -2.00. The molecule has 0 fully saturated rings. The molecule has 2 aromatic rings. The van der Waals surface area contributed by atoms with Crippen LogP contribution < -0.4 is 10.4 Å². The Morgan fingerprint density at radius 1 is 1.57 bits per heavy atom. The molecule has 1 heterocycles. The molecule has 0 saturated heterocycles. The Hall–Kier alpha value is -1.84. The molecule has 1 aromatic carbocycles. The zero-order valence-corrected chi connectivity index (χ0v) is 7.40. The Morgan fingerprint density at radius 2 is 2.43 bits per heavy atom. The van der Waals surface area contributed by atoms with Crippen molar-refractivity contribution in [1.29, 1.82) is 0 Å². The van der Waals surface area contributed by atoms with Gasteiger partial charge in [0.15, 0.2) is 5.89 Å². The van der Waals surface area contributed by atoms with Gasteiger partial charge in [0, 0.05) is 6.92 Å². The second kappa shape index (κ2) is 3.14. The van der Waals surface area contributed by atoms with Crippen molar-refractivity contribution in [3.63, 3.8) is 0 Å². The largest absolute Gasteiger partial charge is 0.497 e. The van der Waals surface area contributed by atoms with E-state index in [2.05, 4.69) is 9.72 Å². The van der Waals surface area contributed by atoms with Gasteiger partial charge in [-0.2, -0.15) is 0 Å². The second-order valence-corrected chi connectivity index (χ2v) is 2.80. The summed E-state index contributed by atoms with van der Waals surface area (Å²) in [5.41, 5.74) is -0.125. The molecular formula is C10H9NO3. The van der Waals surface area contributed by atoms with Crippen molar-refractivity contribution in [1.82, 2.24) is 4.98 Å². The number of aromatic nitrogens is 1. The molecule has 0 amide bonds. The van der Waals surface area contributed by atoms with E-state index in [0.717, 1.165) is 0 Å². The van der Waals surface area contributed by atoms with Gasteiger partial charge < -0.3 is 9.15 Å². The highest BCUT2D eigenvalue weighted by Gasteiger charge is 2.04. The Balaban J connectivity index is 2.55. The lowest BCUT2D eigenvalue weighted by Crippen LogP contribution is -2.02. The van der Waals surface area contributed by atoms with Crippen molar-refractivity contribution in [2.75, 3.05) is 7.04 Å². The predicted molar refractivity (Wildman–Crippen MR) is 51.6 cm³/mol. The summed E-state index contributed by atoms with van der Waals surface area (Å²) in [5.74, 6) is 0.336. The molecule has 0 spiro atoms. The average Bonchev–Trinajstić information content (AvgIpc) is 2.16. The molecule has 2 rings (SSSR count). The molecule has 0 aliphatic rings. The average molecular weight is 194 g/mol. The van der Waals surface area contributed by atoms with Crippen LogP contribution in [0.25, 0.3) is 10.9 Å². The topological polar surface area (TPSA) is 52.3 Å². The number of ether oxygens (including phenoxy) is 1. The molecule has 0 aliphatic carbocycles. The monoisotopic (exact) mass is 194 g/mol. The third kappa shape index (κ3) is 1.35. The van der Waals surface area contributed by atoms with E-state index in [4.69, 9.17) is 8.53 Å². The summed E-state index contributed by atoms with van der Waals surface area (Å²) in [6.45, 7) is 1.56. The standard InChI is InChI=1S/C10H9NO3/c1-6-11-9-4-3-7(13-2)5-8(9)10(12)14-6/h3-5H,1-2H3/i2D3. The maximum atomic E-state index is 11.5. The first-order valence-electron chi connectivity index (χ1n) is 5.46. The van der Waals surface area contributed by atoms with Crippen LogP contribution in [0, 0.1) is 6.92 Å². The number of benzene rings is 1. The molecule has 72 valence electrons. The van der Waals surface area contributed by atoms with Crippen LogP contribution in [0.5, 0.6) is 5.75 Å². The van der Waals surface area contributed by atoms with E-state index >= 15 is 0 Å². The first-order valence-corrected chi connectivity index (χ1v) is 3.96. The van der Waals surface area contributed by atoms with Crippen LogP contribution in [-0.4, -0.2) is 12.0 Å². The maximum Gasteiger partial charge on any atom is 0.346 e. The summed E-state index contributed by atoms with van der Waals surface area (Å²) < 4.78 is 30.4. The number of nitrogens with zero attached hydrogens (tertiary/aromatic N) is 1. The Labute approximate surface area is 84.4 Å². The number of hydrogen-bond acceptors (Lipinski definition) is 4. The molecule has 4 nitrogen and oxygen atoms in total. The van der Waals surface area contributed by atoms with Crippen molar-refractivity contribution in [2.24, 2.45) is 0 Å². The highest BCUT2D eigenvalue weighted by molar-refractivity contribution is 5.78. The molecule has 0 bridgehead atoms. The van der Waals surface area contributed by atoms with Gasteiger partial charge in [0.05, 0.1) is 22.1 Å². The lowest BCUT2D eigenvalue weighted by molar-refractivity contribution is 0.414. The predicted octanol–water partition coefficient (Wildman–Crippen LogP) is 1.51. The first-order chi connectivity index (χ1) is 7.85. The zero-order chi connectivity index (χ0) is 12.6. The Bertz CT molecular complexity index is 618. The van der Waals surface area contributed by atoms with E-state index in [1.54, 1.807) is 6.92 Å². The number of aryl methyl sites for hydroxylation is 1. The van der Waals surface area contributed by atoms with Crippen molar-refractivity contribution in [2.45, 2.75) is 6.92 Å². The van der Waals surface area contributed by atoms with Crippen LogP contribution in [0.15, 0.2) is 27.4 Å². The van der Waals surface area contributed by atoms with Gasteiger partial charge in [-0.15, -0.1) is 0 Å². The third-order valence-corrected chi connectivity index (χ3v) is 1.82. The number of rotatable bonds is 1. The fraction of sp³-hybridized carbons (Fsp3) is 0.200. The first kappa shape index (κ1) is 5.80. The fourth-order valence-electron chi connectivity index (χ4n) is 1.22. The van der Waals surface area contributed by atoms with Crippen LogP contribution in [0.2, 0.25) is 0 Å². The minimum absolute atomic E-state index is 0.0791. The molecule has 0 aliphatic heterocycles. The SMILES string of the molecule is [2H]C([2H])([2H])Oc1ccc2nc(C)oc(=O)c2c1. The van der Waals surface area contributed by atoms with Gasteiger partial charge in [0.1, 0.15) is 5.75 Å². The Morgan fingerprint density at radius 3 is 3.21 bits per heavy atom. The molecule has 0 radical (unpaired) electrons. The molecule has 14 heavy (non-hydrogen) atoms. The van der Waals surface area contributed by atoms with Gasteiger partial charge >= 0.3 is 5.63 Å². The Kier molecular flexibility index (Phi) is 1.30. The maximum absolute atomic E-state index is 11.5. The van der Waals surface area contributed by atoms with Gasteiger partial charge in [-0.3, -0.25) is 0 Å². The van der Waals surface area contributed by atoms with E-state index < -0.39 is 12.7 Å². The lowest BCUT2D eigenvalue weighted by atomic mass is 10.2. The zero-order valence-electron chi connectivity index (χ0n) is 10.4. The van der Waals surface area contributed by atoms with Crippen LogP contribution in [-0.2, 0) is 0 Å². The second-order valence-electron chi connectivity index (χ2n) is 2.80. The number of fused-ring (bicyclic) bond motifs is 1. The van der Waals surface area contributed by atoms with Crippen molar-refractivity contribution < 1.29 is 13.3 Å². The van der Waals surface area contributed by atoms with Crippen molar-refractivity contribution in [3.8, 4) is 5.75 Å². The minimum atomic E-state index is -2.55. The van der Waals surface area contributed by atoms with Gasteiger partial charge in [0.2, 0.25) is 0 Å². The van der Waals surface area contributed by atoms with Gasteiger partial charge in [-0.05, 0) is 18.2 Å². The van der Waals surface area contributed by atoms with E-state index in [-0.39, 0.29) is 17.0 Å². The van der Waals surface area contributed by atoms with E-state index in [0.29, 0.717) is 5.52 Å². The van der Waals surface area contributed by atoms with Gasteiger partial charge in [-0.1, -0.05) is 0 Å². The van der Waals surface area contributed by atoms with E-state index in [1.807, 2.05) is 0 Å². The van der Waals surface area contributed by atoms with E-state index in [1.165, 1.54) is 18.2 Å². The molecule has 4 heteroatoms. The molecule has 0 unspecified atom stereocenters. The summed E-state index contributed by atoms with van der Waals surface area (Å²) in [4.78, 5) is 15.5. The molecular weight excluding hydrogens is 182 g/mol. The summed E-state index contributed by atoms with van der Waals surface area (Å²) in [5, 5.41) is 0.192. The molecule has 0 atom stereocenters. The molecule has 0 saturated carbocycles. The van der Waals surface area contributed by atoms with Crippen LogP contribution in [0.4, 0.5) is 0 Å². The molecule has 0 N–H and O–H groups in total. The smallest absolute Gasteiger partial charge is 0.346 e. The normalized spacial score (nSPS) is 14.5. The summed E-state index contributed by atoms with van der Waals surface area (Å²) in [7, 11) is -2.55. The van der Waals surface area contributed by atoms with Crippen LogP contribution >= 0.6 is 0 Å². The van der Waals surface area contributed by atoms with Gasteiger partial charge in [0.25, 0.3) is 0 Å². The van der Waals surface area contributed by atoms with Crippen LogP contribution in [0.1, 0.15) is 10.0 Å². The van der Waals surface area contributed by atoms with Crippen LogP contribution in [0.3, 0.4) is 0 Å².